The molecule has 0 atom stereocenters. The highest BCUT2D eigenvalue weighted by Gasteiger charge is 2.06. The van der Waals surface area contributed by atoms with Crippen LogP contribution in [0.5, 0.6) is 17.2 Å². The predicted molar refractivity (Wildman–Crippen MR) is 65.2 cm³/mol. The van der Waals surface area contributed by atoms with Crippen molar-refractivity contribution in [2.45, 2.75) is 6.54 Å². The fourth-order valence-electron chi connectivity index (χ4n) is 1.53. The Kier molecular flexibility index (Phi) is 3.23. The molecule has 0 spiro atoms. The van der Waals surface area contributed by atoms with E-state index in [1.165, 1.54) is 18.2 Å². The average molecular weight is 249 g/mol. The van der Waals surface area contributed by atoms with Crippen LogP contribution in [-0.4, -0.2) is 15.3 Å². The molecule has 0 saturated heterocycles. The van der Waals surface area contributed by atoms with Crippen molar-refractivity contribution in [2.24, 2.45) is 0 Å². The first-order valence-electron chi connectivity index (χ1n) is 5.30. The lowest BCUT2D eigenvalue weighted by atomic mass is 10.2. The summed E-state index contributed by atoms with van der Waals surface area (Å²) in [6.07, 6.45) is 0. The van der Waals surface area contributed by atoms with Crippen LogP contribution in [-0.2, 0) is 6.54 Å². The summed E-state index contributed by atoms with van der Waals surface area (Å²) >= 11 is 0. The minimum atomic E-state index is -0.722. The Morgan fingerprint density at radius 2 is 1.78 bits per heavy atom. The topological polar surface area (TPSA) is 72.7 Å². The molecule has 5 heteroatoms. The number of hydrogen-bond donors (Lipinski definition) is 4. The first-order valence-corrected chi connectivity index (χ1v) is 5.30. The molecule has 2 aromatic carbocycles. The maximum Gasteiger partial charge on any atom is 0.166 e. The number of aromatic hydroxyl groups is 3. The van der Waals surface area contributed by atoms with E-state index in [-0.39, 0.29) is 18.0 Å². The lowest BCUT2D eigenvalue weighted by Gasteiger charge is -2.09. The smallest absolute Gasteiger partial charge is 0.166 e. The summed E-state index contributed by atoms with van der Waals surface area (Å²) in [5, 5.41) is 30.8. The number of rotatable bonds is 3. The van der Waals surface area contributed by atoms with Crippen LogP contribution in [0.1, 0.15) is 5.56 Å². The molecule has 2 rings (SSSR count). The largest absolute Gasteiger partial charge is 0.505 e. The van der Waals surface area contributed by atoms with Crippen molar-refractivity contribution in [3.8, 4) is 17.2 Å². The third-order valence-corrected chi connectivity index (χ3v) is 2.53. The second kappa shape index (κ2) is 4.83. The molecule has 94 valence electrons. The van der Waals surface area contributed by atoms with Crippen molar-refractivity contribution in [3.05, 3.63) is 47.8 Å². The quantitative estimate of drug-likeness (QED) is 0.498. The summed E-state index contributed by atoms with van der Waals surface area (Å²) < 4.78 is 13.1. The van der Waals surface area contributed by atoms with Crippen LogP contribution >= 0.6 is 0 Å². The second-order valence-corrected chi connectivity index (χ2v) is 3.80. The fraction of sp³-hybridized carbons (Fsp3) is 0.0769. The number of anilines is 1. The van der Waals surface area contributed by atoms with Crippen molar-refractivity contribution < 1.29 is 19.7 Å². The number of benzene rings is 2. The number of phenolic OH excluding ortho intramolecular Hbond substituents is 3. The second-order valence-electron chi connectivity index (χ2n) is 3.80. The van der Waals surface area contributed by atoms with Crippen LogP contribution in [0.15, 0.2) is 36.4 Å². The molecule has 4 N–H and O–H groups in total. The monoisotopic (exact) mass is 249 g/mol. The Hall–Kier alpha value is -2.43. The van der Waals surface area contributed by atoms with Crippen LogP contribution in [0, 0.1) is 5.82 Å². The van der Waals surface area contributed by atoms with Crippen LogP contribution in [0.3, 0.4) is 0 Å². The molecule has 0 aliphatic rings. The van der Waals surface area contributed by atoms with Gasteiger partial charge in [-0.25, -0.2) is 4.39 Å². The van der Waals surface area contributed by atoms with E-state index < -0.39 is 11.6 Å². The highest BCUT2D eigenvalue weighted by Crippen LogP contribution is 2.29. The molecule has 0 aliphatic carbocycles. The van der Waals surface area contributed by atoms with Gasteiger partial charge in [0.2, 0.25) is 0 Å². The van der Waals surface area contributed by atoms with E-state index in [0.717, 1.165) is 6.07 Å². The highest BCUT2D eigenvalue weighted by atomic mass is 19.1. The van der Waals surface area contributed by atoms with Gasteiger partial charge < -0.3 is 20.6 Å². The molecule has 0 heterocycles. The van der Waals surface area contributed by atoms with Gasteiger partial charge in [-0.1, -0.05) is 12.1 Å². The molecule has 0 unspecified atom stereocenters. The van der Waals surface area contributed by atoms with E-state index in [4.69, 9.17) is 5.11 Å². The summed E-state index contributed by atoms with van der Waals surface area (Å²) in [5.74, 6) is -1.55. The maximum absolute atomic E-state index is 13.1. The minimum Gasteiger partial charge on any atom is -0.505 e. The predicted octanol–water partition coefficient (Wildman–Crippen LogP) is 2.55. The Morgan fingerprint density at radius 1 is 1.00 bits per heavy atom. The Balaban J connectivity index is 2.11. The van der Waals surface area contributed by atoms with Gasteiger partial charge in [0, 0.05) is 23.9 Å². The molecule has 0 radical (unpaired) electrons. The lowest BCUT2D eigenvalue weighted by molar-refractivity contribution is 0.400. The van der Waals surface area contributed by atoms with Crippen molar-refractivity contribution >= 4 is 5.69 Å². The van der Waals surface area contributed by atoms with E-state index in [2.05, 4.69) is 5.32 Å². The number of phenols is 3. The van der Waals surface area contributed by atoms with E-state index in [9.17, 15) is 14.6 Å². The van der Waals surface area contributed by atoms with E-state index >= 15 is 0 Å². The minimum absolute atomic E-state index is 0.203. The third-order valence-electron chi connectivity index (χ3n) is 2.53. The number of para-hydroxylation sites is 1. The standard InChI is InChI=1S/C13H12FNO3/c14-10-6-9(4-5-11(10)16)15-7-8-2-1-3-12(17)13(8)18/h1-6,15-18H,7H2. The number of nitrogens with one attached hydrogen (secondary N) is 1. The molecule has 2 aromatic rings. The Labute approximate surface area is 103 Å². The Morgan fingerprint density at radius 3 is 2.50 bits per heavy atom. The molecule has 4 nitrogen and oxygen atoms in total. The molecule has 0 aliphatic heterocycles. The van der Waals surface area contributed by atoms with Crippen LogP contribution in [0.4, 0.5) is 10.1 Å². The van der Waals surface area contributed by atoms with Crippen molar-refractivity contribution in [1.29, 1.82) is 0 Å². The molecule has 0 saturated carbocycles. The van der Waals surface area contributed by atoms with Gasteiger partial charge in [-0.2, -0.15) is 0 Å². The zero-order valence-corrected chi connectivity index (χ0v) is 9.39. The van der Waals surface area contributed by atoms with E-state index in [1.54, 1.807) is 12.1 Å². The summed E-state index contributed by atoms with van der Waals surface area (Å²) in [5.41, 5.74) is 0.955. The van der Waals surface area contributed by atoms with Gasteiger partial charge in [-0.05, 0) is 18.2 Å². The number of hydrogen-bond acceptors (Lipinski definition) is 4. The highest BCUT2D eigenvalue weighted by molar-refractivity contribution is 5.50. The molecular weight excluding hydrogens is 237 g/mol. The van der Waals surface area contributed by atoms with Crippen LogP contribution in [0.2, 0.25) is 0 Å². The molecule has 0 fully saturated rings. The van der Waals surface area contributed by atoms with Crippen molar-refractivity contribution in [1.82, 2.24) is 0 Å². The van der Waals surface area contributed by atoms with Crippen molar-refractivity contribution in [3.63, 3.8) is 0 Å². The molecule has 0 aromatic heterocycles. The normalized spacial score (nSPS) is 10.3. The third kappa shape index (κ3) is 2.45. The first-order chi connectivity index (χ1) is 8.58. The summed E-state index contributed by atoms with van der Waals surface area (Å²) in [6.45, 7) is 0.227. The van der Waals surface area contributed by atoms with E-state index in [0.29, 0.717) is 11.3 Å². The van der Waals surface area contributed by atoms with Gasteiger partial charge in [0.1, 0.15) is 0 Å². The van der Waals surface area contributed by atoms with Gasteiger partial charge in [0.05, 0.1) is 0 Å². The summed E-state index contributed by atoms with van der Waals surface area (Å²) in [4.78, 5) is 0. The maximum atomic E-state index is 13.1. The van der Waals surface area contributed by atoms with Crippen LogP contribution < -0.4 is 5.32 Å². The van der Waals surface area contributed by atoms with Gasteiger partial charge in [0.15, 0.2) is 23.1 Å². The average Bonchev–Trinajstić information content (AvgIpc) is 2.35. The van der Waals surface area contributed by atoms with Crippen LogP contribution in [0.25, 0.3) is 0 Å². The van der Waals surface area contributed by atoms with Gasteiger partial charge in [0.25, 0.3) is 0 Å². The summed E-state index contributed by atoms with van der Waals surface area (Å²) in [6, 6.07) is 8.51. The first kappa shape index (κ1) is 12.0. The molecule has 0 amide bonds. The molecular formula is C13H12FNO3. The zero-order chi connectivity index (χ0) is 13.1. The van der Waals surface area contributed by atoms with Crippen molar-refractivity contribution in [2.75, 3.05) is 5.32 Å². The van der Waals surface area contributed by atoms with Gasteiger partial charge in [-0.15, -0.1) is 0 Å². The number of halogens is 1. The van der Waals surface area contributed by atoms with Gasteiger partial charge >= 0.3 is 0 Å². The summed E-state index contributed by atoms with van der Waals surface area (Å²) in [7, 11) is 0. The van der Waals surface area contributed by atoms with E-state index in [1.807, 2.05) is 0 Å². The SMILES string of the molecule is Oc1ccc(NCc2cccc(O)c2O)cc1F. The lowest BCUT2D eigenvalue weighted by Crippen LogP contribution is -2.00. The van der Waals surface area contributed by atoms with Gasteiger partial charge in [-0.3, -0.25) is 0 Å². The Bertz CT molecular complexity index is 572. The molecule has 18 heavy (non-hydrogen) atoms. The zero-order valence-electron chi connectivity index (χ0n) is 9.39. The fourth-order valence-corrected chi connectivity index (χ4v) is 1.53. The molecule has 0 bridgehead atoms.